The number of hydrogen-bond acceptors (Lipinski definition) is 1. The highest BCUT2D eigenvalue weighted by Crippen LogP contribution is 2.22. The van der Waals surface area contributed by atoms with E-state index in [-0.39, 0.29) is 5.54 Å². The van der Waals surface area contributed by atoms with Gasteiger partial charge in [-0.15, -0.1) is 0 Å². The van der Waals surface area contributed by atoms with Crippen molar-refractivity contribution in [2.24, 2.45) is 0 Å². The Labute approximate surface area is 111 Å². The van der Waals surface area contributed by atoms with Crippen molar-refractivity contribution < 1.29 is 18.8 Å². The van der Waals surface area contributed by atoms with Crippen LogP contribution < -0.4 is 10.1 Å². The molecule has 0 aromatic heterocycles. The fourth-order valence-corrected chi connectivity index (χ4v) is 1.61. The number of alkyl halides is 2. The Morgan fingerprint density at radius 2 is 2.00 bits per heavy atom. The molecule has 1 aromatic rings. The molecule has 0 fully saturated rings. The number of ether oxygens (including phenoxy) is 1. The molecule has 1 aromatic carbocycles. The van der Waals surface area contributed by atoms with Crippen LogP contribution in [-0.4, -0.2) is 18.6 Å². The van der Waals surface area contributed by atoms with E-state index >= 15 is 0 Å². The molecule has 18 heavy (non-hydrogen) atoms. The zero-order chi connectivity index (χ0) is 13.8. The largest absolute Gasteiger partial charge is 0.488 e. The van der Waals surface area contributed by atoms with E-state index in [1.54, 1.807) is 12.1 Å². The molecule has 0 heterocycles. The lowest BCUT2D eigenvalue weighted by atomic mass is 10.1. The molecule has 0 aliphatic carbocycles. The standard InChI is InChI=1S/C13H18ClF2NO/c1-13(2,3)17-7-9-4-5-10(6-11(9)14)18-8-12(15)16/h4-6,12,17H,7-8H2,1-3H3/p+1. The Balaban J connectivity index is 2.62. The van der Waals surface area contributed by atoms with Gasteiger partial charge < -0.3 is 10.1 Å². The number of benzene rings is 1. The molecule has 0 spiro atoms. The fourth-order valence-electron chi connectivity index (χ4n) is 1.36. The third kappa shape index (κ3) is 5.65. The van der Waals surface area contributed by atoms with Crippen LogP contribution in [0.5, 0.6) is 5.75 Å². The van der Waals surface area contributed by atoms with E-state index in [0.717, 1.165) is 12.1 Å². The summed E-state index contributed by atoms with van der Waals surface area (Å²) in [5.74, 6) is 0.375. The molecule has 2 nitrogen and oxygen atoms in total. The molecular formula is C13H19ClF2NO+. The normalized spacial score (nSPS) is 11.9. The molecule has 0 radical (unpaired) electrons. The Bertz CT molecular complexity index is 391. The second-order valence-corrected chi connectivity index (χ2v) is 5.64. The monoisotopic (exact) mass is 278 g/mol. The molecule has 1 rings (SSSR count). The van der Waals surface area contributed by atoms with Crippen LogP contribution in [0.25, 0.3) is 0 Å². The molecule has 2 N–H and O–H groups in total. The molecule has 0 aliphatic heterocycles. The summed E-state index contributed by atoms with van der Waals surface area (Å²) in [7, 11) is 0. The van der Waals surface area contributed by atoms with Crippen molar-refractivity contribution in [3.8, 4) is 5.75 Å². The summed E-state index contributed by atoms with van der Waals surface area (Å²) in [6.45, 7) is 6.48. The Hall–Kier alpha value is -0.870. The van der Waals surface area contributed by atoms with Crippen molar-refractivity contribution in [2.45, 2.75) is 39.3 Å². The van der Waals surface area contributed by atoms with E-state index in [4.69, 9.17) is 16.3 Å². The van der Waals surface area contributed by atoms with Crippen molar-refractivity contribution >= 4 is 11.6 Å². The SMILES string of the molecule is CC(C)(C)[NH2+]Cc1ccc(OCC(F)F)cc1Cl. The molecule has 0 saturated carbocycles. The molecule has 0 aliphatic rings. The molecule has 0 atom stereocenters. The minimum atomic E-state index is -2.47. The predicted molar refractivity (Wildman–Crippen MR) is 68.3 cm³/mol. The number of rotatable bonds is 5. The Morgan fingerprint density at radius 1 is 1.33 bits per heavy atom. The highest BCUT2D eigenvalue weighted by atomic mass is 35.5. The first-order chi connectivity index (χ1) is 8.28. The first kappa shape index (κ1) is 15.2. The Morgan fingerprint density at radius 3 is 2.50 bits per heavy atom. The quantitative estimate of drug-likeness (QED) is 0.881. The van der Waals surface area contributed by atoms with Crippen molar-refractivity contribution in [3.05, 3.63) is 28.8 Å². The van der Waals surface area contributed by atoms with Crippen molar-refractivity contribution in [1.29, 1.82) is 0 Å². The van der Waals surface area contributed by atoms with Crippen LogP contribution >= 0.6 is 11.6 Å². The van der Waals surface area contributed by atoms with Gasteiger partial charge in [-0.3, -0.25) is 0 Å². The van der Waals surface area contributed by atoms with E-state index < -0.39 is 13.0 Å². The maximum atomic E-state index is 12.0. The van der Waals surface area contributed by atoms with Gasteiger partial charge in [0.25, 0.3) is 6.43 Å². The van der Waals surface area contributed by atoms with Gasteiger partial charge in [0.05, 0.1) is 10.6 Å². The van der Waals surface area contributed by atoms with Crippen LogP contribution in [-0.2, 0) is 6.54 Å². The zero-order valence-corrected chi connectivity index (χ0v) is 11.6. The third-order valence-electron chi connectivity index (χ3n) is 2.33. The lowest BCUT2D eigenvalue weighted by Crippen LogP contribution is -2.92. The van der Waals surface area contributed by atoms with Crippen LogP contribution in [0.1, 0.15) is 26.3 Å². The number of halogens is 3. The van der Waals surface area contributed by atoms with E-state index in [0.29, 0.717) is 10.8 Å². The summed E-state index contributed by atoms with van der Waals surface area (Å²) in [6.07, 6.45) is -2.47. The van der Waals surface area contributed by atoms with Crippen LogP contribution in [0.15, 0.2) is 18.2 Å². The van der Waals surface area contributed by atoms with Gasteiger partial charge in [-0.25, -0.2) is 8.78 Å². The highest BCUT2D eigenvalue weighted by Gasteiger charge is 2.14. The van der Waals surface area contributed by atoms with Crippen molar-refractivity contribution in [1.82, 2.24) is 0 Å². The average Bonchev–Trinajstić information content (AvgIpc) is 2.23. The van der Waals surface area contributed by atoms with Gasteiger partial charge in [0, 0.05) is 5.56 Å². The van der Waals surface area contributed by atoms with E-state index in [9.17, 15) is 8.78 Å². The molecule has 0 saturated heterocycles. The third-order valence-corrected chi connectivity index (χ3v) is 2.69. The lowest BCUT2D eigenvalue weighted by molar-refractivity contribution is -0.731. The van der Waals surface area contributed by atoms with Gasteiger partial charge >= 0.3 is 0 Å². The summed E-state index contributed by atoms with van der Waals surface area (Å²) < 4.78 is 28.9. The molecule has 102 valence electrons. The van der Waals surface area contributed by atoms with Gasteiger partial charge in [-0.1, -0.05) is 11.6 Å². The summed E-state index contributed by atoms with van der Waals surface area (Å²) >= 11 is 6.09. The average molecular weight is 279 g/mol. The molecule has 0 amide bonds. The summed E-state index contributed by atoms with van der Waals surface area (Å²) in [5.41, 5.74) is 1.09. The van der Waals surface area contributed by atoms with Gasteiger partial charge in [0.15, 0.2) is 0 Å². The minimum Gasteiger partial charge on any atom is -0.488 e. The number of nitrogens with two attached hydrogens (primary N) is 1. The predicted octanol–water partition coefficient (Wildman–Crippen LogP) is 2.85. The second kappa shape index (κ2) is 6.34. The van der Waals surface area contributed by atoms with Crippen LogP contribution in [0.2, 0.25) is 5.02 Å². The number of quaternary nitrogens is 1. The lowest BCUT2D eigenvalue weighted by Gasteiger charge is -2.17. The summed E-state index contributed by atoms with van der Waals surface area (Å²) in [4.78, 5) is 0. The maximum Gasteiger partial charge on any atom is 0.272 e. The highest BCUT2D eigenvalue weighted by molar-refractivity contribution is 6.31. The molecule has 5 heteroatoms. The van der Waals surface area contributed by atoms with Crippen molar-refractivity contribution in [2.75, 3.05) is 6.61 Å². The molecule has 0 bridgehead atoms. The zero-order valence-electron chi connectivity index (χ0n) is 10.8. The maximum absolute atomic E-state index is 12.0. The Kier molecular flexibility index (Phi) is 5.35. The first-order valence-electron chi connectivity index (χ1n) is 5.81. The smallest absolute Gasteiger partial charge is 0.272 e. The minimum absolute atomic E-state index is 0.119. The van der Waals surface area contributed by atoms with Gasteiger partial charge in [-0.05, 0) is 39.0 Å². The van der Waals surface area contributed by atoms with Gasteiger partial charge in [-0.2, -0.15) is 0 Å². The van der Waals surface area contributed by atoms with Crippen LogP contribution in [0, 0.1) is 0 Å². The summed E-state index contributed by atoms with van der Waals surface area (Å²) in [6, 6.07) is 5.06. The molecular weight excluding hydrogens is 260 g/mol. The van der Waals surface area contributed by atoms with Crippen LogP contribution in [0.4, 0.5) is 8.78 Å². The van der Waals surface area contributed by atoms with Crippen LogP contribution in [0.3, 0.4) is 0 Å². The fraction of sp³-hybridized carbons (Fsp3) is 0.538. The topological polar surface area (TPSA) is 25.8 Å². The van der Waals surface area contributed by atoms with E-state index in [1.807, 2.05) is 6.07 Å². The molecule has 0 unspecified atom stereocenters. The first-order valence-corrected chi connectivity index (χ1v) is 6.19. The van der Waals surface area contributed by atoms with Gasteiger partial charge in [0.1, 0.15) is 18.9 Å². The number of hydrogen-bond donors (Lipinski definition) is 1. The summed E-state index contributed by atoms with van der Waals surface area (Å²) in [5, 5.41) is 2.70. The van der Waals surface area contributed by atoms with E-state index in [2.05, 4.69) is 26.1 Å². The van der Waals surface area contributed by atoms with Gasteiger partial charge in [0.2, 0.25) is 0 Å². The van der Waals surface area contributed by atoms with Crippen molar-refractivity contribution in [3.63, 3.8) is 0 Å². The second-order valence-electron chi connectivity index (χ2n) is 5.23. The van der Waals surface area contributed by atoms with E-state index in [1.165, 1.54) is 0 Å².